The monoisotopic (exact) mass is 430 g/mol. The van der Waals surface area contributed by atoms with Crippen molar-refractivity contribution in [1.82, 2.24) is 9.78 Å². The van der Waals surface area contributed by atoms with Crippen LogP contribution in [0.15, 0.2) is 70.7 Å². The van der Waals surface area contributed by atoms with Crippen molar-refractivity contribution in [2.75, 3.05) is 5.32 Å². The van der Waals surface area contributed by atoms with E-state index in [0.717, 1.165) is 5.70 Å². The first-order chi connectivity index (χ1) is 15.2. The molecule has 8 nitrogen and oxygen atoms in total. The predicted molar refractivity (Wildman–Crippen MR) is 120 cm³/mol. The average Bonchev–Trinajstić information content (AvgIpc) is 3.08. The number of rotatable bonds is 3. The lowest BCUT2D eigenvalue weighted by molar-refractivity contribution is -0.384. The van der Waals surface area contributed by atoms with Crippen LogP contribution in [0.3, 0.4) is 0 Å². The first-order valence-electron chi connectivity index (χ1n) is 10.4. The van der Waals surface area contributed by atoms with Gasteiger partial charge in [0.25, 0.3) is 11.2 Å². The number of ketones is 1. The summed E-state index contributed by atoms with van der Waals surface area (Å²) in [5.74, 6) is -0.0598. The van der Waals surface area contributed by atoms with Crippen molar-refractivity contribution in [2.24, 2.45) is 5.41 Å². The molecular weight excluding hydrogens is 408 g/mol. The molecule has 0 amide bonds. The van der Waals surface area contributed by atoms with Gasteiger partial charge < -0.3 is 5.32 Å². The lowest BCUT2D eigenvalue weighted by atomic mass is 9.69. The number of carbonyl (C=O) groups is 1. The maximum Gasteiger partial charge on any atom is 0.277 e. The number of nitro groups is 1. The van der Waals surface area contributed by atoms with Gasteiger partial charge in [0.05, 0.1) is 16.2 Å². The minimum absolute atomic E-state index is 0.00962. The SMILES string of the molecule is CC1(C)CC(=O)C2=C(C1)Nc1[nH]n(-c3ccccc3)c(=O)c1[C@@H]2c1ccc([N+](=O)[O-])cc1. The Morgan fingerprint density at radius 2 is 1.72 bits per heavy atom. The molecule has 0 spiro atoms. The number of nitro benzene ring substituents is 1. The van der Waals surface area contributed by atoms with Crippen molar-refractivity contribution in [3.8, 4) is 5.69 Å². The smallest absolute Gasteiger partial charge is 0.277 e. The quantitative estimate of drug-likeness (QED) is 0.476. The molecule has 0 bridgehead atoms. The first kappa shape index (κ1) is 20.0. The number of H-pyrrole nitrogens is 1. The van der Waals surface area contributed by atoms with E-state index in [0.29, 0.717) is 41.0 Å². The fourth-order valence-corrected chi connectivity index (χ4v) is 4.77. The Balaban J connectivity index is 1.73. The standard InChI is InChI=1S/C24H22N4O4/c1-24(2)12-17-20(18(29)13-24)19(14-8-10-16(11-9-14)28(31)32)21-22(25-17)26-27(23(21)30)15-6-4-3-5-7-15/h3-11,19,25-26H,12-13H2,1-2H3/t19-/m1/s1. The second-order valence-electron chi connectivity index (χ2n) is 9.12. The zero-order valence-corrected chi connectivity index (χ0v) is 17.7. The normalized spacial score (nSPS) is 19.2. The van der Waals surface area contributed by atoms with Crippen LogP contribution >= 0.6 is 0 Å². The number of hydrogen-bond acceptors (Lipinski definition) is 5. The van der Waals surface area contributed by atoms with Crippen LogP contribution in [0.1, 0.15) is 43.7 Å². The Morgan fingerprint density at radius 1 is 1.03 bits per heavy atom. The number of nitrogens with zero attached hydrogens (tertiary/aromatic N) is 2. The Bertz CT molecular complexity index is 1330. The van der Waals surface area contributed by atoms with Crippen LogP contribution < -0.4 is 10.9 Å². The van der Waals surface area contributed by atoms with E-state index >= 15 is 0 Å². The topological polar surface area (TPSA) is 110 Å². The second-order valence-corrected chi connectivity index (χ2v) is 9.12. The molecule has 3 aromatic rings. The molecule has 5 rings (SSSR count). The molecule has 0 saturated carbocycles. The number of aromatic nitrogens is 2. The molecule has 162 valence electrons. The molecule has 1 atom stereocenters. The number of Topliss-reactive ketones (excluding diaryl/α,β-unsaturated/α-hetero) is 1. The molecule has 2 heterocycles. The number of nitrogens with one attached hydrogen (secondary N) is 2. The van der Waals surface area contributed by atoms with Gasteiger partial charge in [-0.25, -0.2) is 4.68 Å². The minimum Gasteiger partial charge on any atom is -0.343 e. The first-order valence-corrected chi connectivity index (χ1v) is 10.4. The van der Waals surface area contributed by atoms with Gasteiger partial charge in [-0.1, -0.05) is 44.2 Å². The van der Waals surface area contributed by atoms with Gasteiger partial charge in [-0.05, 0) is 29.5 Å². The third-order valence-corrected chi connectivity index (χ3v) is 6.15. The summed E-state index contributed by atoms with van der Waals surface area (Å²) in [5, 5.41) is 17.6. The van der Waals surface area contributed by atoms with Crippen molar-refractivity contribution in [3.05, 3.63) is 97.5 Å². The summed E-state index contributed by atoms with van der Waals surface area (Å²) in [7, 11) is 0. The van der Waals surface area contributed by atoms with Crippen LogP contribution in [0.25, 0.3) is 5.69 Å². The molecule has 8 heteroatoms. The summed E-state index contributed by atoms with van der Waals surface area (Å²) in [6.07, 6.45) is 1.04. The summed E-state index contributed by atoms with van der Waals surface area (Å²) >= 11 is 0. The maximum absolute atomic E-state index is 13.5. The van der Waals surface area contributed by atoms with E-state index in [9.17, 15) is 19.7 Å². The fraction of sp³-hybridized carbons (Fsp3) is 0.250. The van der Waals surface area contributed by atoms with Crippen LogP contribution in [0.5, 0.6) is 0 Å². The zero-order chi connectivity index (χ0) is 22.6. The van der Waals surface area contributed by atoms with Gasteiger partial charge in [-0.3, -0.25) is 24.8 Å². The number of allylic oxidation sites excluding steroid dienone is 2. The van der Waals surface area contributed by atoms with Crippen LogP contribution in [-0.2, 0) is 4.79 Å². The van der Waals surface area contributed by atoms with Crippen molar-refractivity contribution >= 4 is 17.3 Å². The number of para-hydroxylation sites is 1. The molecule has 1 aliphatic heterocycles. The van der Waals surface area contributed by atoms with Gasteiger partial charge in [0.15, 0.2) is 5.78 Å². The molecule has 0 saturated heterocycles. The van der Waals surface area contributed by atoms with Crippen molar-refractivity contribution in [1.29, 1.82) is 0 Å². The van der Waals surface area contributed by atoms with E-state index in [1.807, 2.05) is 44.2 Å². The Kier molecular flexibility index (Phi) is 4.40. The lowest BCUT2D eigenvalue weighted by Gasteiger charge is -2.37. The van der Waals surface area contributed by atoms with Gasteiger partial charge in [0.2, 0.25) is 0 Å². The van der Waals surface area contributed by atoms with Crippen LogP contribution in [0.2, 0.25) is 0 Å². The van der Waals surface area contributed by atoms with Crippen molar-refractivity contribution in [3.63, 3.8) is 0 Å². The van der Waals surface area contributed by atoms with Gasteiger partial charge in [0, 0.05) is 35.7 Å². The van der Waals surface area contributed by atoms with E-state index in [1.54, 1.807) is 12.1 Å². The van der Waals surface area contributed by atoms with Crippen LogP contribution in [0.4, 0.5) is 11.5 Å². The van der Waals surface area contributed by atoms with Gasteiger partial charge in [-0.15, -0.1) is 0 Å². The van der Waals surface area contributed by atoms with Gasteiger partial charge in [0.1, 0.15) is 5.82 Å². The number of aromatic amines is 1. The summed E-state index contributed by atoms with van der Waals surface area (Å²) in [6, 6.07) is 15.3. The highest BCUT2D eigenvalue weighted by molar-refractivity contribution is 6.01. The maximum atomic E-state index is 13.5. The molecule has 0 radical (unpaired) electrons. The summed E-state index contributed by atoms with van der Waals surface area (Å²) < 4.78 is 1.46. The van der Waals surface area contributed by atoms with Crippen LogP contribution in [0, 0.1) is 15.5 Å². The van der Waals surface area contributed by atoms with Crippen LogP contribution in [-0.4, -0.2) is 20.5 Å². The summed E-state index contributed by atoms with van der Waals surface area (Å²) in [4.78, 5) is 37.5. The van der Waals surface area contributed by atoms with Gasteiger partial charge >= 0.3 is 0 Å². The summed E-state index contributed by atoms with van der Waals surface area (Å²) in [6.45, 7) is 4.09. The van der Waals surface area contributed by atoms with E-state index in [4.69, 9.17) is 0 Å². The Morgan fingerprint density at radius 3 is 2.38 bits per heavy atom. The molecule has 1 aromatic heterocycles. The Hall–Kier alpha value is -3.94. The highest BCUT2D eigenvalue weighted by Gasteiger charge is 2.43. The zero-order valence-electron chi connectivity index (χ0n) is 17.7. The Labute approximate surface area is 183 Å². The number of benzene rings is 2. The van der Waals surface area contributed by atoms with E-state index in [1.165, 1.54) is 16.8 Å². The number of carbonyl (C=O) groups excluding carboxylic acids is 1. The molecule has 2 aromatic carbocycles. The van der Waals surface area contributed by atoms with E-state index in [-0.39, 0.29) is 22.4 Å². The number of non-ortho nitro benzene ring substituents is 1. The highest BCUT2D eigenvalue weighted by atomic mass is 16.6. The summed E-state index contributed by atoms with van der Waals surface area (Å²) in [5.41, 5.74) is 2.66. The number of fused-ring (bicyclic) bond motifs is 1. The number of anilines is 1. The van der Waals surface area contributed by atoms with E-state index < -0.39 is 10.8 Å². The predicted octanol–water partition coefficient (Wildman–Crippen LogP) is 4.27. The number of hydrogen-bond donors (Lipinski definition) is 2. The molecule has 32 heavy (non-hydrogen) atoms. The molecule has 1 aliphatic carbocycles. The second kappa shape index (κ2) is 7.05. The molecule has 2 N–H and O–H groups in total. The molecular formula is C24H22N4O4. The lowest BCUT2D eigenvalue weighted by Crippen LogP contribution is -2.35. The molecule has 2 aliphatic rings. The van der Waals surface area contributed by atoms with E-state index in [2.05, 4.69) is 10.4 Å². The van der Waals surface area contributed by atoms with Crippen molar-refractivity contribution < 1.29 is 9.72 Å². The average molecular weight is 430 g/mol. The third kappa shape index (κ3) is 3.15. The molecule has 0 fully saturated rings. The van der Waals surface area contributed by atoms with Crippen molar-refractivity contribution in [2.45, 2.75) is 32.6 Å². The third-order valence-electron chi connectivity index (χ3n) is 6.15. The fourth-order valence-electron chi connectivity index (χ4n) is 4.77. The minimum atomic E-state index is -0.598. The highest BCUT2D eigenvalue weighted by Crippen LogP contribution is 2.47. The van der Waals surface area contributed by atoms with Gasteiger partial charge in [-0.2, -0.15) is 0 Å². The largest absolute Gasteiger partial charge is 0.343 e. The molecule has 0 unspecified atom stereocenters.